The van der Waals surface area contributed by atoms with Gasteiger partial charge in [-0.25, -0.2) is 14.8 Å². The van der Waals surface area contributed by atoms with Gasteiger partial charge in [-0.3, -0.25) is 14.5 Å². The first-order valence-electron chi connectivity index (χ1n) is 13.7. The van der Waals surface area contributed by atoms with Gasteiger partial charge in [-0.2, -0.15) is 0 Å². The number of ether oxygens (including phenoxy) is 1. The smallest absolute Gasteiger partial charge is 0.350 e. The van der Waals surface area contributed by atoms with Gasteiger partial charge in [0.1, 0.15) is 10.6 Å². The van der Waals surface area contributed by atoms with E-state index >= 15 is 0 Å². The van der Waals surface area contributed by atoms with Gasteiger partial charge in [0.2, 0.25) is 5.78 Å². The summed E-state index contributed by atoms with van der Waals surface area (Å²) < 4.78 is 5.18. The summed E-state index contributed by atoms with van der Waals surface area (Å²) in [6.45, 7) is 18.8. The van der Waals surface area contributed by atoms with E-state index in [1.807, 2.05) is 41.5 Å². The second-order valence-corrected chi connectivity index (χ2v) is 14.6. The number of carbonyl (C=O) groups excluding carboxylic acids is 3. The Morgan fingerprint density at radius 3 is 1.95 bits per heavy atom. The average molecular weight is 612 g/mol. The summed E-state index contributed by atoms with van der Waals surface area (Å²) in [5.74, 6) is -2.45. The molecule has 0 saturated carbocycles. The summed E-state index contributed by atoms with van der Waals surface area (Å²) in [4.78, 5) is 51.3. The Kier molecular flexibility index (Phi) is 8.16. The number of phenols is 1. The molecular formula is C31H37N3O6S2. The van der Waals surface area contributed by atoms with Crippen LogP contribution >= 0.6 is 22.7 Å². The molecule has 4 rings (SSSR count). The monoisotopic (exact) mass is 611 g/mol. The lowest BCUT2D eigenvalue weighted by Gasteiger charge is -2.31. The number of benzene rings is 1. The number of hydrogen-bond acceptors (Lipinski definition) is 10. The van der Waals surface area contributed by atoms with Crippen molar-refractivity contribution in [2.24, 2.45) is 0 Å². The molecule has 224 valence electrons. The number of rotatable bonds is 6. The SMILES string of the molecule is CCOC(=O)c1sc(N2C(=O)C(O)=C(C(=O)c3sc(C)nc3C)C2c2cc(C(C)(C)C)c(O)c(C(C)(C)C)c2)nc1C. The molecule has 0 saturated heterocycles. The van der Waals surface area contributed by atoms with E-state index in [2.05, 4.69) is 9.97 Å². The van der Waals surface area contributed by atoms with Crippen LogP contribution in [0, 0.1) is 20.8 Å². The Morgan fingerprint density at radius 1 is 0.929 bits per heavy atom. The van der Waals surface area contributed by atoms with Crippen molar-refractivity contribution in [3.05, 3.63) is 66.3 Å². The molecule has 1 atom stereocenters. The number of phenolic OH excluding ortho intramolecular Hbond substituents is 1. The van der Waals surface area contributed by atoms with Crippen LogP contribution < -0.4 is 4.90 Å². The predicted molar refractivity (Wildman–Crippen MR) is 164 cm³/mol. The molecule has 2 aromatic heterocycles. The van der Waals surface area contributed by atoms with Crippen molar-refractivity contribution in [3.8, 4) is 5.75 Å². The van der Waals surface area contributed by atoms with Crippen LogP contribution in [0.4, 0.5) is 5.13 Å². The number of carbonyl (C=O) groups is 3. The number of ketones is 1. The third-order valence-corrected chi connectivity index (χ3v) is 9.29. The van der Waals surface area contributed by atoms with Gasteiger partial charge in [-0.1, -0.05) is 52.9 Å². The van der Waals surface area contributed by atoms with Crippen molar-refractivity contribution in [2.75, 3.05) is 11.5 Å². The highest BCUT2D eigenvalue weighted by Crippen LogP contribution is 2.48. The first-order chi connectivity index (χ1) is 19.4. The molecule has 11 heteroatoms. The highest BCUT2D eigenvalue weighted by molar-refractivity contribution is 7.17. The molecule has 1 unspecified atom stereocenters. The molecule has 1 amide bonds. The molecule has 2 N–H and O–H groups in total. The summed E-state index contributed by atoms with van der Waals surface area (Å²) >= 11 is 2.15. The molecule has 0 radical (unpaired) electrons. The normalized spacial score (nSPS) is 16.0. The Balaban J connectivity index is 2.04. The van der Waals surface area contributed by atoms with E-state index in [9.17, 15) is 24.6 Å². The van der Waals surface area contributed by atoms with Crippen LogP contribution in [-0.2, 0) is 20.4 Å². The summed E-state index contributed by atoms with van der Waals surface area (Å²) in [7, 11) is 0. The maximum Gasteiger partial charge on any atom is 0.350 e. The number of aromatic nitrogens is 2. The van der Waals surface area contributed by atoms with E-state index < -0.39 is 40.3 Å². The van der Waals surface area contributed by atoms with Crippen LogP contribution in [-0.4, -0.2) is 44.4 Å². The minimum Gasteiger partial charge on any atom is -0.507 e. The Bertz CT molecular complexity index is 1600. The Labute approximate surface area is 253 Å². The van der Waals surface area contributed by atoms with Crippen LogP contribution in [0.3, 0.4) is 0 Å². The van der Waals surface area contributed by atoms with Crippen LogP contribution in [0.25, 0.3) is 0 Å². The summed E-state index contributed by atoms with van der Waals surface area (Å²) in [6, 6.07) is 2.47. The fourth-order valence-electron chi connectivity index (χ4n) is 5.04. The zero-order valence-corrected chi connectivity index (χ0v) is 27.3. The summed E-state index contributed by atoms with van der Waals surface area (Å²) in [5, 5.41) is 23.5. The number of esters is 1. The lowest BCUT2D eigenvalue weighted by molar-refractivity contribution is -0.117. The Hall–Kier alpha value is -3.57. The van der Waals surface area contributed by atoms with E-state index in [1.165, 1.54) is 16.2 Å². The molecule has 0 aliphatic carbocycles. The van der Waals surface area contributed by atoms with Crippen LogP contribution in [0.5, 0.6) is 5.75 Å². The lowest BCUT2D eigenvalue weighted by atomic mass is 9.77. The van der Waals surface area contributed by atoms with Crippen molar-refractivity contribution < 1.29 is 29.3 Å². The predicted octanol–water partition coefficient (Wildman–Crippen LogP) is 6.79. The number of hydrogen-bond donors (Lipinski definition) is 2. The maximum atomic E-state index is 14.1. The third-order valence-electron chi connectivity index (χ3n) is 7.08. The van der Waals surface area contributed by atoms with Gasteiger partial charge in [0.05, 0.1) is 39.5 Å². The van der Waals surface area contributed by atoms with Gasteiger partial charge in [0.25, 0.3) is 5.91 Å². The molecule has 1 aromatic carbocycles. The zero-order chi connectivity index (χ0) is 31.5. The Morgan fingerprint density at radius 2 is 1.48 bits per heavy atom. The van der Waals surface area contributed by atoms with Gasteiger partial charge in [0.15, 0.2) is 10.9 Å². The number of anilines is 1. The third kappa shape index (κ3) is 5.47. The maximum absolute atomic E-state index is 14.1. The van der Waals surface area contributed by atoms with E-state index in [1.54, 1.807) is 39.8 Å². The standard InChI is InChI=1S/C31H37N3O6S2/c1-11-40-28(39)26-15(3)33-29(42-26)34-21(17-12-18(30(5,6)7)22(35)19(13-17)31(8,9)10)20(24(37)27(34)38)23(36)25-14(2)32-16(4)41-25/h12-13,21,35,37H,11H2,1-10H3. The second kappa shape index (κ2) is 10.9. The molecular weight excluding hydrogens is 574 g/mol. The van der Waals surface area contributed by atoms with Crippen LogP contribution in [0.1, 0.15) is 107 Å². The highest BCUT2D eigenvalue weighted by atomic mass is 32.1. The van der Waals surface area contributed by atoms with Crippen molar-refractivity contribution >= 4 is 45.5 Å². The average Bonchev–Trinajstić information content (AvgIpc) is 3.50. The first kappa shape index (κ1) is 31.4. The van der Waals surface area contributed by atoms with E-state index in [0.29, 0.717) is 38.0 Å². The van der Waals surface area contributed by atoms with Crippen LogP contribution in [0.2, 0.25) is 0 Å². The fraction of sp³-hybridized carbons (Fsp3) is 0.452. The van der Waals surface area contributed by atoms with Gasteiger partial charge in [-0.15, -0.1) is 11.3 Å². The summed E-state index contributed by atoms with van der Waals surface area (Å²) in [6.07, 6.45) is 0. The van der Waals surface area contributed by atoms with Gasteiger partial charge in [-0.05, 0) is 67.3 Å². The number of thiazole rings is 2. The highest BCUT2D eigenvalue weighted by Gasteiger charge is 2.47. The van der Waals surface area contributed by atoms with Crippen LogP contribution in [0.15, 0.2) is 23.5 Å². The number of aryl methyl sites for hydroxylation is 3. The molecule has 3 heterocycles. The number of aromatic hydroxyl groups is 1. The molecule has 0 fully saturated rings. The zero-order valence-electron chi connectivity index (χ0n) is 25.6. The van der Waals surface area contributed by atoms with Crippen molar-refractivity contribution in [2.45, 2.75) is 86.1 Å². The minimum absolute atomic E-state index is 0.109. The van der Waals surface area contributed by atoms with Crippen molar-refractivity contribution in [1.82, 2.24) is 9.97 Å². The van der Waals surface area contributed by atoms with Gasteiger partial charge >= 0.3 is 5.97 Å². The molecule has 0 spiro atoms. The molecule has 9 nitrogen and oxygen atoms in total. The minimum atomic E-state index is -1.09. The summed E-state index contributed by atoms with van der Waals surface area (Å²) in [5.41, 5.74) is 1.54. The quantitative estimate of drug-likeness (QED) is 0.230. The number of nitrogens with zero attached hydrogens (tertiary/aromatic N) is 3. The molecule has 1 aliphatic heterocycles. The topological polar surface area (TPSA) is 130 Å². The molecule has 1 aliphatic rings. The van der Waals surface area contributed by atoms with Crippen molar-refractivity contribution in [3.63, 3.8) is 0 Å². The number of aliphatic hydroxyl groups excluding tert-OH is 1. The lowest BCUT2D eigenvalue weighted by Crippen LogP contribution is -2.31. The molecule has 3 aromatic rings. The second-order valence-electron chi connectivity index (χ2n) is 12.4. The number of Topliss-reactive ketones (excluding diaryl/α,β-unsaturated/α-hetero) is 1. The molecule has 42 heavy (non-hydrogen) atoms. The van der Waals surface area contributed by atoms with E-state index in [4.69, 9.17) is 4.74 Å². The number of amides is 1. The van der Waals surface area contributed by atoms with Crippen molar-refractivity contribution in [1.29, 1.82) is 0 Å². The molecule has 0 bridgehead atoms. The van der Waals surface area contributed by atoms with E-state index in [0.717, 1.165) is 11.3 Å². The van der Waals surface area contributed by atoms with Gasteiger partial charge < -0.3 is 14.9 Å². The largest absolute Gasteiger partial charge is 0.507 e. The van der Waals surface area contributed by atoms with Gasteiger partial charge in [0, 0.05) is 0 Å². The number of aliphatic hydroxyl groups is 1. The first-order valence-corrected chi connectivity index (χ1v) is 15.3. The fourth-order valence-corrected chi connectivity index (χ4v) is 6.90. The van der Waals surface area contributed by atoms with E-state index in [-0.39, 0.29) is 27.9 Å².